The molecule has 0 bridgehead atoms. The molecule has 110 valence electrons. The molecule has 0 aromatic rings. The summed E-state index contributed by atoms with van der Waals surface area (Å²) in [7, 11) is 0. The molecule has 2 aliphatic rings. The van der Waals surface area contributed by atoms with E-state index in [1.165, 1.54) is 4.90 Å². The highest BCUT2D eigenvalue weighted by Crippen LogP contribution is 2.36. The summed E-state index contributed by atoms with van der Waals surface area (Å²) >= 11 is 0. The lowest BCUT2D eigenvalue weighted by Gasteiger charge is -2.19. The van der Waals surface area contributed by atoms with E-state index in [9.17, 15) is 14.4 Å². The van der Waals surface area contributed by atoms with Crippen molar-refractivity contribution in [2.24, 2.45) is 17.8 Å². The molecule has 2 rings (SSSR count). The summed E-state index contributed by atoms with van der Waals surface area (Å²) in [5.41, 5.74) is 0. The molecule has 0 aromatic carbocycles. The van der Waals surface area contributed by atoms with Crippen molar-refractivity contribution in [3.63, 3.8) is 0 Å². The lowest BCUT2D eigenvalue weighted by atomic mass is 9.81. The number of hydrogen-bond donors (Lipinski definition) is 1. The zero-order chi connectivity index (χ0) is 14.7. The van der Waals surface area contributed by atoms with Crippen LogP contribution >= 0.6 is 0 Å². The second-order valence-corrected chi connectivity index (χ2v) is 5.76. The number of rotatable bonds is 6. The van der Waals surface area contributed by atoms with Gasteiger partial charge in [0, 0.05) is 13.0 Å². The average Bonchev–Trinajstić information content (AvgIpc) is 2.62. The standard InChI is InChI=1S/C15H21NO4/c1-10-6-7-11-12(9-10)15(20)16(14(11)19)8-4-2-3-5-13(17)18/h6-7,10-12H,2-5,8-9H2,1H3,(H,17,18). The van der Waals surface area contributed by atoms with Crippen LogP contribution < -0.4 is 0 Å². The van der Waals surface area contributed by atoms with Crippen molar-refractivity contribution in [3.8, 4) is 0 Å². The molecule has 5 nitrogen and oxygen atoms in total. The number of hydrogen-bond acceptors (Lipinski definition) is 3. The smallest absolute Gasteiger partial charge is 0.303 e. The van der Waals surface area contributed by atoms with Gasteiger partial charge in [0.05, 0.1) is 11.8 Å². The number of unbranched alkanes of at least 4 members (excludes halogenated alkanes) is 2. The molecule has 2 amide bonds. The van der Waals surface area contributed by atoms with E-state index >= 15 is 0 Å². The van der Waals surface area contributed by atoms with E-state index in [-0.39, 0.29) is 30.1 Å². The number of amides is 2. The Morgan fingerprint density at radius 3 is 2.70 bits per heavy atom. The maximum atomic E-state index is 12.2. The minimum atomic E-state index is -0.802. The molecule has 0 radical (unpaired) electrons. The van der Waals surface area contributed by atoms with Crippen LogP contribution in [0.25, 0.3) is 0 Å². The van der Waals surface area contributed by atoms with Gasteiger partial charge in [0.15, 0.2) is 0 Å². The van der Waals surface area contributed by atoms with E-state index in [4.69, 9.17) is 5.11 Å². The zero-order valence-electron chi connectivity index (χ0n) is 11.7. The van der Waals surface area contributed by atoms with Gasteiger partial charge in [0.2, 0.25) is 11.8 Å². The third-order valence-electron chi connectivity index (χ3n) is 4.11. The first-order chi connectivity index (χ1) is 9.50. The first-order valence-electron chi connectivity index (χ1n) is 7.26. The number of imide groups is 1. The Kier molecular flexibility index (Phi) is 4.57. The summed E-state index contributed by atoms with van der Waals surface area (Å²) in [5, 5.41) is 8.55. The van der Waals surface area contributed by atoms with Gasteiger partial charge in [-0.2, -0.15) is 0 Å². The second-order valence-electron chi connectivity index (χ2n) is 5.76. The Morgan fingerprint density at radius 2 is 2.00 bits per heavy atom. The van der Waals surface area contributed by atoms with E-state index in [2.05, 4.69) is 6.92 Å². The van der Waals surface area contributed by atoms with Crippen molar-refractivity contribution in [2.75, 3.05) is 6.54 Å². The lowest BCUT2D eigenvalue weighted by molar-refractivity contribution is -0.140. The SMILES string of the molecule is CC1C=CC2C(=O)N(CCCCCC(=O)O)C(=O)C2C1. The Morgan fingerprint density at radius 1 is 1.25 bits per heavy atom. The van der Waals surface area contributed by atoms with E-state index in [0.29, 0.717) is 25.3 Å². The molecule has 5 heteroatoms. The first kappa shape index (κ1) is 14.8. The fourth-order valence-electron chi connectivity index (χ4n) is 3.01. The molecular formula is C15H21NO4. The third kappa shape index (κ3) is 3.08. The van der Waals surface area contributed by atoms with Crippen molar-refractivity contribution in [1.29, 1.82) is 0 Å². The first-order valence-corrected chi connectivity index (χ1v) is 7.26. The van der Waals surface area contributed by atoms with Gasteiger partial charge in [-0.1, -0.05) is 25.5 Å². The van der Waals surface area contributed by atoms with Gasteiger partial charge in [0.1, 0.15) is 0 Å². The van der Waals surface area contributed by atoms with Crippen molar-refractivity contribution >= 4 is 17.8 Å². The number of carboxylic acids is 1. The summed E-state index contributed by atoms with van der Waals surface area (Å²) in [6.45, 7) is 2.48. The van der Waals surface area contributed by atoms with Gasteiger partial charge in [-0.25, -0.2) is 0 Å². The Balaban J connectivity index is 1.84. The van der Waals surface area contributed by atoms with Gasteiger partial charge in [-0.15, -0.1) is 0 Å². The molecule has 1 N–H and O–H groups in total. The molecule has 0 saturated carbocycles. The van der Waals surface area contributed by atoms with Crippen LogP contribution in [0.2, 0.25) is 0 Å². The lowest BCUT2D eigenvalue weighted by Crippen LogP contribution is -2.32. The number of allylic oxidation sites excluding steroid dienone is 1. The number of fused-ring (bicyclic) bond motifs is 1. The number of carbonyl (C=O) groups excluding carboxylic acids is 2. The fraction of sp³-hybridized carbons (Fsp3) is 0.667. The second kappa shape index (κ2) is 6.20. The monoisotopic (exact) mass is 279 g/mol. The summed E-state index contributed by atoms with van der Waals surface area (Å²) in [6, 6.07) is 0. The predicted molar refractivity (Wildman–Crippen MR) is 72.7 cm³/mol. The van der Waals surface area contributed by atoms with E-state index in [1.54, 1.807) is 0 Å². The van der Waals surface area contributed by atoms with Gasteiger partial charge in [-0.3, -0.25) is 19.3 Å². The van der Waals surface area contributed by atoms with Crippen LogP contribution in [0.1, 0.15) is 39.0 Å². The number of carbonyl (C=O) groups is 3. The average molecular weight is 279 g/mol. The molecular weight excluding hydrogens is 258 g/mol. The van der Waals surface area contributed by atoms with Crippen LogP contribution in [-0.2, 0) is 14.4 Å². The highest BCUT2D eigenvalue weighted by atomic mass is 16.4. The van der Waals surface area contributed by atoms with Gasteiger partial charge < -0.3 is 5.11 Å². The highest BCUT2D eigenvalue weighted by Gasteiger charge is 2.47. The van der Waals surface area contributed by atoms with Crippen LogP contribution in [0.4, 0.5) is 0 Å². The van der Waals surface area contributed by atoms with E-state index in [1.807, 2.05) is 12.2 Å². The summed E-state index contributed by atoms with van der Waals surface area (Å²) in [4.78, 5) is 36.2. The quantitative estimate of drug-likeness (QED) is 0.457. The van der Waals surface area contributed by atoms with Crippen molar-refractivity contribution < 1.29 is 19.5 Å². The maximum Gasteiger partial charge on any atom is 0.303 e. The molecule has 20 heavy (non-hydrogen) atoms. The third-order valence-corrected chi connectivity index (χ3v) is 4.11. The Bertz CT molecular complexity index is 443. The van der Waals surface area contributed by atoms with Gasteiger partial charge >= 0.3 is 5.97 Å². The summed E-state index contributed by atoms with van der Waals surface area (Å²) < 4.78 is 0. The summed E-state index contributed by atoms with van der Waals surface area (Å²) in [6.07, 6.45) is 6.80. The highest BCUT2D eigenvalue weighted by molar-refractivity contribution is 6.06. The van der Waals surface area contributed by atoms with Crippen LogP contribution in [-0.4, -0.2) is 34.3 Å². The topological polar surface area (TPSA) is 74.7 Å². The predicted octanol–water partition coefficient (Wildman–Crippen LogP) is 1.83. The van der Waals surface area contributed by atoms with Crippen LogP contribution in [0.15, 0.2) is 12.2 Å². The summed E-state index contributed by atoms with van der Waals surface area (Å²) in [5.74, 6) is -1.03. The number of carboxylic acid groups (broad SMARTS) is 1. The molecule has 1 fully saturated rings. The fourth-order valence-corrected chi connectivity index (χ4v) is 3.01. The van der Waals surface area contributed by atoms with Gasteiger partial charge in [-0.05, 0) is 25.2 Å². The van der Waals surface area contributed by atoms with Crippen LogP contribution in [0.3, 0.4) is 0 Å². The van der Waals surface area contributed by atoms with Crippen LogP contribution in [0.5, 0.6) is 0 Å². The molecule has 1 aliphatic carbocycles. The minimum absolute atomic E-state index is 0.0468. The minimum Gasteiger partial charge on any atom is -0.481 e. The van der Waals surface area contributed by atoms with E-state index < -0.39 is 5.97 Å². The Labute approximate surface area is 118 Å². The number of aliphatic carboxylic acids is 1. The largest absolute Gasteiger partial charge is 0.481 e. The molecule has 0 aromatic heterocycles. The molecule has 1 saturated heterocycles. The molecule has 3 atom stereocenters. The van der Waals surface area contributed by atoms with Crippen molar-refractivity contribution in [3.05, 3.63) is 12.2 Å². The maximum absolute atomic E-state index is 12.2. The number of nitrogens with zero attached hydrogens (tertiary/aromatic N) is 1. The normalized spacial score (nSPS) is 28.9. The Hall–Kier alpha value is -1.65. The molecule has 1 aliphatic heterocycles. The molecule has 0 spiro atoms. The van der Waals surface area contributed by atoms with Gasteiger partial charge in [0.25, 0.3) is 0 Å². The zero-order valence-corrected chi connectivity index (χ0v) is 11.7. The van der Waals surface area contributed by atoms with Crippen LogP contribution in [0, 0.1) is 17.8 Å². The molecule has 1 heterocycles. The van der Waals surface area contributed by atoms with E-state index in [0.717, 1.165) is 12.8 Å². The van der Waals surface area contributed by atoms with Crippen molar-refractivity contribution in [1.82, 2.24) is 4.90 Å². The number of likely N-dealkylation sites (tertiary alicyclic amines) is 1. The van der Waals surface area contributed by atoms with Crippen molar-refractivity contribution in [2.45, 2.75) is 39.0 Å². The molecule has 3 unspecified atom stereocenters.